The summed E-state index contributed by atoms with van der Waals surface area (Å²) >= 11 is 0. The minimum Gasteiger partial charge on any atom is -0.486 e. The molecule has 0 atom stereocenters. The summed E-state index contributed by atoms with van der Waals surface area (Å²) < 4.78 is 11.1. The van der Waals surface area contributed by atoms with Gasteiger partial charge in [0, 0.05) is 5.56 Å². The summed E-state index contributed by atoms with van der Waals surface area (Å²) in [6.45, 7) is 1.16. The van der Waals surface area contributed by atoms with Crippen molar-refractivity contribution in [3.05, 3.63) is 36.4 Å². The number of H-pyrrole nitrogens is 1. The summed E-state index contributed by atoms with van der Waals surface area (Å²) in [5, 5.41) is 0. The second-order valence-electron chi connectivity index (χ2n) is 4.69. The van der Waals surface area contributed by atoms with Gasteiger partial charge in [-0.25, -0.2) is 4.98 Å². The minimum absolute atomic E-state index is 0.573. The molecule has 0 unspecified atom stereocenters. The zero-order valence-corrected chi connectivity index (χ0v) is 10.7. The molecule has 100 valence electrons. The first-order valence-electron chi connectivity index (χ1n) is 6.45. The van der Waals surface area contributed by atoms with E-state index in [1.54, 1.807) is 0 Å². The van der Waals surface area contributed by atoms with Crippen LogP contribution in [0.5, 0.6) is 11.5 Å². The van der Waals surface area contributed by atoms with Crippen LogP contribution in [0.4, 0.5) is 5.69 Å². The Morgan fingerprint density at radius 3 is 2.75 bits per heavy atom. The molecule has 0 radical (unpaired) electrons. The Bertz CT molecular complexity index is 795. The number of nitrogen functional groups attached to an aromatic ring is 1. The number of ether oxygens (including phenoxy) is 2. The third-order valence-electron chi connectivity index (χ3n) is 3.36. The Balaban J connectivity index is 1.84. The van der Waals surface area contributed by atoms with E-state index in [4.69, 9.17) is 15.2 Å². The smallest absolute Gasteiger partial charge is 0.162 e. The molecular formula is C15H13N3O2. The average Bonchev–Trinajstić information content (AvgIpc) is 2.92. The molecule has 0 fully saturated rings. The monoisotopic (exact) mass is 267 g/mol. The first kappa shape index (κ1) is 11.2. The van der Waals surface area contributed by atoms with Crippen molar-refractivity contribution in [2.45, 2.75) is 0 Å². The van der Waals surface area contributed by atoms with E-state index in [1.165, 1.54) is 0 Å². The second kappa shape index (κ2) is 4.16. The largest absolute Gasteiger partial charge is 0.486 e. The van der Waals surface area contributed by atoms with Crippen LogP contribution < -0.4 is 15.2 Å². The molecule has 0 spiro atoms. The van der Waals surface area contributed by atoms with Crippen LogP contribution >= 0.6 is 0 Å². The molecular weight excluding hydrogens is 254 g/mol. The number of nitrogens with zero attached hydrogens (tertiary/aromatic N) is 1. The number of anilines is 1. The van der Waals surface area contributed by atoms with Gasteiger partial charge < -0.3 is 20.2 Å². The highest BCUT2D eigenvalue weighted by Gasteiger charge is 2.14. The number of aromatic nitrogens is 2. The van der Waals surface area contributed by atoms with Gasteiger partial charge in [-0.1, -0.05) is 6.07 Å². The van der Waals surface area contributed by atoms with Crippen LogP contribution in [0, 0.1) is 0 Å². The lowest BCUT2D eigenvalue weighted by Crippen LogP contribution is -2.15. The number of fused-ring (bicyclic) bond motifs is 2. The summed E-state index contributed by atoms with van der Waals surface area (Å²) in [6.07, 6.45) is 0. The third-order valence-corrected chi connectivity index (χ3v) is 3.36. The molecule has 0 saturated heterocycles. The normalized spacial score (nSPS) is 13.6. The molecule has 0 saturated carbocycles. The van der Waals surface area contributed by atoms with Gasteiger partial charge in [-0.05, 0) is 30.3 Å². The van der Waals surface area contributed by atoms with Crippen LogP contribution in [-0.2, 0) is 0 Å². The maximum absolute atomic E-state index is 5.93. The van der Waals surface area contributed by atoms with Crippen LogP contribution in [0.3, 0.4) is 0 Å². The molecule has 1 aliphatic heterocycles. The molecule has 5 heteroatoms. The number of hydrogen-bond donors (Lipinski definition) is 2. The molecule has 0 aliphatic carbocycles. The van der Waals surface area contributed by atoms with Crippen molar-refractivity contribution in [1.29, 1.82) is 0 Å². The molecule has 3 N–H and O–H groups in total. The van der Waals surface area contributed by atoms with E-state index in [9.17, 15) is 0 Å². The Labute approximate surface area is 115 Å². The lowest BCUT2D eigenvalue weighted by atomic mass is 10.2. The van der Waals surface area contributed by atoms with Crippen molar-refractivity contribution in [3.63, 3.8) is 0 Å². The van der Waals surface area contributed by atoms with Crippen molar-refractivity contribution in [2.24, 2.45) is 0 Å². The van der Waals surface area contributed by atoms with E-state index in [-0.39, 0.29) is 0 Å². The van der Waals surface area contributed by atoms with Gasteiger partial charge in [0.1, 0.15) is 24.6 Å². The minimum atomic E-state index is 0.573. The number of imidazole rings is 1. The topological polar surface area (TPSA) is 73.2 Å². The van der Waals surface area contributed by atoms with Crippen molar-refractivity contribution < 1.29 is 9.47 Å². The SMILES string of the molecule is Nc1cccc2[nH]c(-c3ccc4c(c3)OCCO4)nc12. The number of rotatable bonds is 1. The van der Waals surface area contributed by atoms with Crippen molar-refractivity contribution in [2.75, 3.05) is 18.9 Å². The fourth-order valence-electron chi connectivity index (χ4n) is 2.38. The third kappa shape index (κ3) is 1.67. The fourth-order valence-corrected chi connectivity index (χ4v) is 2.38. The number of benzene rings is 2. The summed E-state index contributed by atoms with van der Waals surface area (Å²) in [6, 6.07) is 11.5. The summed E-state index contributed by atoms with van der Waals surface area (Å²) in [5.74, 6) is 2.30. The summed E-state index contributed by atoms with van der Waals surface area (Å²) in [7, 11) is 0. The van der Waals surface area contributed by atoms with Crippen LogP contribution in [0.15, 0.2) is 36.4 Å². The standard InChI is InChI=1S/C15H13N3O2/c16-10-2-1-3-11-14(10)18-15(17-11)9-4-5-12-13(8-9)20-7-6-19-12/h1-5,8H,6-7,16H2,(H,17,18). The number of para-hydroxylation sites is 1. The predicted octanol–water partition coefficient (Wildman–Crippen LogP) is 2.58. The maximum Gasteiger partial charge on any atom is 0.162 e. The molecule has 5 nitrogen and oxygen atoms in total. The quantitative estimate of drug-likeness (QED) is 0.665. The van der Waals surface area contributed by atoms with Crippen molar-refractivity contribution in [1.82, 2.24) is 9.97 Å². The number of nitrogens with one attached hydrogen (secondary N) is 1. The van der Waals surface area contributed by atoms with Gasteiger partial charge in [-0.15, -0.1) is 0 Å². The molecule has 1 aliphatic rings. The Hall–Kier alpha value is -2.69. The number of nitrogens with two attached hydrogens (primary N) is 1. The highest BCUT2D eigenvalue weighted by Crippen LogP contribution is 2.34. The number of hydrogen-bond acceptors (Lipinski definition) is 4. The molecule has 0 bridgehead atoms. The fraction of sp³-hybridized carbons (Fsp3) is 0.133. The first-order valence-corrected chi connectivity index (χ1v) is 6.45. The number of aromatic amines is 1. The lowest BCUT2D eigenvalue weighted by Gasteiger charge is -2.18. The van der Waals surface area contributed by atoms with Gasteiger partial charge in [0.2, 0.25) is 0 Å². The van der Waals surface area contributed by atoms with Gasteiger partial charge in [0.25, 0.3) is 0 Å². The molecule has 3 aromatic rings. The van der Waals surface area contributed by atoms with Gasteiger partial charge in [-0.3, -0.25) is 0 Å². The zero-order chi connectivity index (χ0) is 13.5. The predicted molar refractivity (Wildman–Crippen MR) is 76.9 cm³/mol. The maximum atomic E-state index is 5.93. The van der Waals surface area contributed by atoms with Crippen LogP contribution in [0.1, 0.15) is 0 Å². The molecule has 1 aromatic heterocycles. The van der Waals surface area contributed by atoms with Gasteiger partial charge in [-0.2, -0.15) is 0 Å². The van der Waals surface area contributed by atoms with E-state index >= 15 is 0 Å². The van der Waals surface area contributed by atoms with Crippen LogP contribution in [0.25, 0.3) is 22.4 Å². The van der Waals surface area contributed by atoms with E-state index in [0.717, 1.165) is 33.9 Å². The second-order valence-corrected chi connectivity index (χ2v) is 4.69. The molecule has 0 amide bonds. The highest BCUT2D eigenvalue weighted by molar-refractivity contribution is 5.89. The van der Waals surface area contributed by atoms with E-state index in [1.807, 2.05) is 36.4 Å². The Morgan fingerprint density at radius 1 is 1.05 bits per heavy atom. The van der Waals surface area contributed by atoms with Crippen molar-refractivity contribution in [3.8, 4) is 22.9 Å². The summed E-state index contributed by atoms with van der Waals surface area (Å²) in [4.78, 5) is 7.83. The van der Waals surface area contributed by atoms with Crippen LogP contribution in [0.2, 0.25) is 0 Å². The molecule has 2 heterocycles. The molecule has 2 aromatic carbocycles. The first-order chi connectivity index (χ1) is 9.81. The van der Waals surface area contributed by atoms with E-state index in [0.29, 0.717) is 18.9 Å². The molecule has 4 rings (SSSR count). The van der Waals surface area contributed by atoms with Gasteiger partial charge in [0.15, 0.2) is 11.5 Å². The van der Waals surface area contributed by atoms with Crippen LogP contribution in [-0.4, -0.2) is 23.2 Å². The van der Waals surface area contributed by atoms with Gasteiger partial charge >= 0.3 is 0 Å². The lowest BCUT2D eigenvalue weighted by molar-refractivity contribution is 0.171. The van der Waals surface area contributed by atoms with E-state index < -0.39 is 0 Å². The average molecular weight is 267 g/mol. The highest BCUT2D eigenvalue weighted by atomic mass is 16.6. The molecule has 20 heavy (non-hydrogen) atoms. The Morgan fingerprint density at radius 2 is 1.90 bits per heavy atom. The zero-order valence-electron chi connectivity index (χ0n) is 10.7. The van der Waals surface area contributed by atoms with E-state index in [2.05, 4.69) is 9.97 Å². The Kier molecular flexibility index (Phi) is 2.32. The van der Waals surface area contributed by atoms with Crippen molar-refractivity contribution >= 4 is 16.7 Å². The summed E-state index contributed by atoms with van der Waals surface area (Å²) in [5.41, 5.74) is 9.26. The van der Waals surface area contributed by atoms with Gasteiger partial charge in [0.05, 0.1) is 11.2 Å².